The van der Waals surface area contributed by atoms with Crippen molar-refractivity contribution >= 4 is 17.5 Å². The number of hydrogen-bond donors (Lipinski definition) is 1. The second-order valence-corrected chi connectivity index (χ2v) is 5.46. The lowest BCUT2D eigenvalue weighted by Gasteiger charge is -2.18. The number of hydrogen-bond acceptors (Lipinski definition) is 3. The maximum Gasteiger partial charge on any atom is 0.253 e. The third-order valence-corrected chi connectivity index (χ3v) is 3.82. The van der Waals surface area contributed by atoms with Gasteiger partial charge in [0.1, 0.15) is 11.5 Å². The summed E-state index contributed by atoms with van der Waals surface area (Å²) in [6.07, 6.45) is 0. The van der Waals surface area contributed by atoms with Gasteiger partial charge < -0.3 is 14.8 Å². The first-order chi connectivity index (χ1) is 11.4. The predicted octanol–water partition coefficient (Wildman–Crippen LogP) is 4.13. The summed E-state index contributed by atoms with van der Waals surface area (Å²) in [4.78, 5) is 12.3. The van der Waals surface area contributed by atoms with Crippen LogP contribution in [0, 0.1) is 11.6 Å². The quantitative estimate of drug-likeness (QED) is 0.820. The standard InChI is InChI=1S/C17H16ClF2NO3/c1-9(11-5-4-10(23-2)6-16(11)24-3)21-17(22)12-7-14(19)15(20)8-13(12)18/h4-9H,1-3H3,(H,21,22). The van der Waals surface area contributed by atoms with E-state index in [0.29, 0.717) is 17.1 Å². The number of carbonyl (C=O) groups is 1. The first-order valence-electron chi connectivity index (χ1n) is 7.04. The first-order valence-corrected chi connectivity index (χ1v) is 7.42. The zero-order valence-corrected chi connectivity index (χ0v) is 14.1. The summed E-state index contributed by atoms with van der Waals surface area (Å²) in [7, 11) is 3.03. The van der Waals surface area contributed by atoms with E-state index < -0.39 is 23.6 Å². The van der Waals surface area contributed by atoms with E-state index in [2.05, 4.69) is 5.32 Å². The van der Waals surface area contributed by atoms with E-state index in [4.69, 9.17) is 21.1 Å². The summed E-state index contributed by atoms with van der Waals surface area (Å²) in [6.45, 7) is 1.73. The molecule has 4 nitrogen and oxygen atoms in total. The summed E-state index contributed by atoms with van der Waals surface area (Å²) < 4.78 is 36.8. The molecule has 0 fully saturated rings. The Morgan fingerprint density at radius 2 is 1.79 bits per heavy atom. The summed E-state index contributed by atoms with van der Waals surface area (Å²) in [5.41, 5.74) is 0.556. The minimum absolute atomic E-state index is 0.144. The molecule has 0 aliphatic rings. The second-order valence-electron chi connectivity index (χ2n) is 5.05. The van der Waals surface area contributed by atoms with Crippen molar-refractivity contribution in [2.75, 3.05) is 14.2 Å². The van der Waals surface area contributed by atoms with E-state index in [1.54, 1.807) is 25.1 Å². The molecule has 2 aromatic rings. The molecule has 1 amide bonds. The molecule has 2 aromatic carbocycles. The normalized spacial score (nSPS) is 11.8. The van der Waals surface area contributed by atoms with Gasteiger partial charge in [-0.05, 0) is 31.2 Å². The largest absolute Gasteiger partial charge is 0.497 e. The average molecular weight is 356 g/mol. The van der Waals surface area contributed by atoms with Crippen LogP contribution in [0.2, 0.25) is 5.02 Å². The van der Waals surface area contributed by atoms with Gasteiger partial charge in [0.2, 0.25) is 0 Å². The van der Waals surface area contributed by atoms with Gasteiger partial charge in [-0.15, -0.1) is 0 Å². The first kappa shape index (κ1) is 18.0. The van der Waals surface area contributed by atoms with Crippen LogP contribution in [-0.2, 0) is 0 Å². The van der Waals surface area contributed by atoms with Gasteiger partial charge in [-0.25, -0.2) is 8.78 Å². The molecule has 0 aliphatic carbocycles. The third kappa shape index (κ3) is 3.76. The zero-order valence-electron chi connectivity index (χ0n) is 13.3. The lowest BCUT2D eigenvalue weighted by Crippen LogP contribution is -2.27. The highest BCUT2D eigenvalue weighted by molar-refractivity contribution is 6.33. The van der Waals surface area contributed by atoms with Crippen molar-refractivity contribution in [3.63, 3.8) is 0 Å². The van der Waals surface area contributed by atoms with Crippen molar-refractivity contribution in [2.45, 2.75) is 13.0 Å². The van der Waals surface area contributed by atoms with Gasteiger partial charge in [0.15, 0.2) is 11.6 Å². The van der Waals surface area contributed by atoms with Crippen molar-refractivity contribution in [2.24, 2.45) is 0 Å². The van der Waals surface area contributed by atoms with Crippen LogP contribution in [0.3, 0.4) is 0 Å². The van der Waals surface area contributed by atoms with Gasteiger partial charge >= 0.3 is 0 Å². The fourth-order valence-electron chi connectivity index (χ4n) is 2.22. The fraction of sp³-hybridized carbons (Fsp3) is 0.235. The minimum Gasteiger partial charge on any atom is -0.497 e. The molecule has 1 atom stereocenters. The van der Waals surface area contributed by atoms with Gasteiger partial charge in [0, 0.05) is 11.6 Å². The Labute approximate surface area is 143 Å². The molecule has 1 N–H and O–H groups in total. The molecule has 128 valence electrons. The van der Waals surface area contributed by atoms with Crippen LogP contribution >= 0.6 is 11.6 Å². The molecule has 2 rings (SSSR count). The van der Waals surface area contributed by atoms with Gasteiger partial charge in [-0.3, -0.25) is 4.79 Å². The lowest BCUT2D eigenvalue weighted by molar-refractivity contribution is 0.0939. The molecule has 0 heterocycles. The molecule has 0 saturated heterocycles. The van der Waals surface area contributed by atoms with Gasteiger partial charge in [-0.1, -0.05) is 11.6 Å². The minimum atomic E-state index is -1.14. The van der Waals surface area contributed by atoms with Crippen molar-refractivity contribution in [1.82, 2.24) is 5.32 Å². The summed E-state index contributed by atoms with van der Waals surface area (Å²) in [6, 6.07) is 6.24. The number of nitrogens with one attached hydrogen (secondary N) is 1. The Kier molecular flexibility index (Phi) is 5.62. The smallest absolute Gasteiger partial charge is 0.253 e. The summed E-state index contributed by atoms with van der Waals surface area (Å²) in [5, 5.41) is 2.51. The summed E-state index contributed by atoms with van der Waals surface area (Å²) >= 11 is 5.82. The Hall–Kier alpha value is -2.34. The predicted molar refractivity (Wildman–Crippen MR) is 86.8 cm³/mol. The molecular formula is C17H16ClF2NO3. The maximum atomic E-state index is 13.3. The van der Waals surface area contributed by atoms with E-state index in [1.807, 2.05) is 0 Å². The molecule has 0 aliphatic heterocycles. The van der Waals surface area contributed by atoms with Crippen LogP contribution in [0.1, 0.15) is 28.9 Å². The van der Waals surface area contributed by atoms with E-state index in [0.717, 1.165) is 12.1 Å². The monoisotopic (exact) mass is 355 g/mol. The van der Waals surface area contributed by atoms with Crippen LogP contribution in [-0.4, -0.2) is 20.1 Å². The average Bonchev–Trinajstić information content (AvgIpc) is 2.57. The fourth-order valence-corrected chi connectivity index (χ4v) is 2.46. The number of rotatable bonds is 5. The number of amides is 1. The number of benzene rings is 2. The summed E-state index contributed by atoms with van der Waals surface area (Å²) in [5.74, 6) is -1.73. The topological polar surface area (TPSA) is 47.6 Å². The SMILES string of the molecule is COc1ccc(C(C)NC(=O)c2cc(F)c(F)cc2Cl)c(OC)c1. The molecule has 0 radical (unpaired) electrons. The molecule has 7 heteroatoms. The molecule has 0 saturated carbocycles. The highest BCUT2D eigenvalue weighted by atomic mass is 35.5. The second kappa shape index (κ2) is 7.49. The van der Waals surface area contributed by atoms with Crippen LogP contribution in [0.15, 0.2) is 30.3 Å². The van der Waals surface area contributed by atoms with Gasteiger partial charge in [-0.2, -0.15) is 0 Å². The zero-order chi connectivity index (χ0) is 17.9. The molecule has 0 bridgehead atoms. The Morgan fingerprint density at radius 1 is 1.12 bits per heavy atom. The number of carbonyl (C=O) groups excluding carboxylic acids is 1. The Balaban J connectivity index is 2.25. The van der Waals surface area contributed by atoms with Gasteiger partial charge in [0.25, 0.3) is 5.91 Å². The van der Waals surface area contributed by atoms with E-state index in [-0.39, 0.29) is 10.6 Å². The number of methoxy groups -OCH3 is 2. The van der Waals surface area contributed by atoms with E-state index in [1.165, 1.54) is 14.2 Å². The molecule has 0 spiro atoms. The van der Waals surface area contributed by atoms with E-state index in [9.17, 15) is 13.6 Å². The maximum absolute atomic E-state index is 13.3. The third-order valence-electron chi connectivity index (χ3n) is 3.51. The highest BCUT2D eigenvalue weighted by Crippen LogP contribution is 2.30. The van der Waals surface area contributed by atoms with Crippen LogP contribution in [0.4, 0.5) is 8.78 Å². The van der Waals surface area contributed by atoms with Crippen molar-refractivity contribution in [1.29, 1.82) is 0 Å². The highest BCUT2D eigenvalue weighted by Gasteiger charge is 2.19. The Morgan fingerprint density at radius 3 is 2.42 bits per heavy atom. The van der Waals surface area contributed by atoms with Crippen LogP contribution < -0.4 is 14.8 Å². The lowest BCUT2D eigenvalue weighted by atomic mass is 10.1. The van der Waals surface area contributed by atoms with E-state index >= 15 is 0 Å². The molecular weight excluding hydrogens is 340 g/mol. The van der Waals surface area contributed by atoms with Crippen molar-refractivity contribution in [3.8, 4) is 11.5 Å². The van der Waals surface area contributed by atoms with Crippen LogP contribution in [0.25, 0.3) is 0 Å². The van der Waals surface area contributed by atoms with Crippen LogP contribution in [0.5, 0.6) is 11.5 Å². The van der Waals surface area contributed by atoms with Gasteiger partial charge in [0.05, 0.1) is 30.8 Å². The Bertz CT molecular complexity index is 768. The van der Waals surface area contributed by atoms with Crippen molar-refractivity contribution in [3.05, 3.63) is 58.1 Å². The number of halogens is 3. The molecule has 1 unspecified atom stereocenters. The molecule has 24 heavy (non-hydrogen) atoms. The number of ether oxygens (including phenoxy) is 2. The molecule has 0 aromatic heterocycles. The van der Waals surface area contributed by atoms with Crippen molar-refractivity contribution < 1.29 is 23.0 Å².